The number of aryl methyl sites for hydroxylation is 1. The summed E-state index contributed by atoms with van der Waals surface area (Å²) in [6.07, 6.45) is 1.38. The first-order valence-corrected chi connectivity index (χ1v) is 10.8. The molecule has 33 heavy (non-hydrogen) atoms. The molecule has 0 aliphatic heterocycles. The van der Waals surface area contributed by atoms with Crippen molar-refractivity contribution in [2.45, 2.75) is 20.5 Å². The van der Waals surface area contributed by atoms with Crippen LogP contribution in [0.15, 0.2) is 75.4 Å². The average Bonchev–Trinajstić information content (AvgIpc) is 2.78. The number of benzene rings is 3. The summed E-state index contributed by atoms with van der Waals surface area (Å²) in [5.74, 6) is 0.858. The molecule has 3 aromatic carbocycles. The lowest BCUT2D eigenvalue weighted by Crippen LogP contribution is -2.32. The molecule has 4 rings (SSSR count). The third-order valence-corrected chi connectivity index (χ3v) is 5.18. The quantitative estimate of drug-likeness (QED) is 0.408. The number of H-pyrrole nitrogens is 1. The van der Waals surface area contributed by atoms with E-state index in [1.54, 1.807) is 36.4 Å². The number of nitrogens with zero attached hydrogens (tertiary/aromatic N) is 2. The summed E-state index contributed by atoms with van der Waals surface area (Å²) >= 11 is 6.49. The minimum Gasteiger partial charge on any atom is -0.490 e. The molecule has 0 aliphatic carbocycles. The van der Waals surface area contributed by atoms with Crippen LogP contribution in [0.2, 0.25) is 5.02 Å². The molecule has 168 valence electrons. The molecule has 0 aliphatic rings. The maximum absolute atomic E-state index is 12.7. The van der Waals surface area contributed by atoms with Crippen molar-refractivity contribution in [3.63, 3.8) is 0 Å². The monoisotopic (exact) mass is 463 g/mol. The van der Waals surface area contributed by atoms with Gasteiger partial charge in [-0.3, -0.25) is 4.79 Å². The van der Waals surface area contributed by atoms with Crippen LogP contribution in [0.1, 0.15) is 23.6 Å². The molecule has 8 heteroatoms. The molecule has 0 amide bonds. The van der Waals surface area contributed by atoms with E-state index in [1.807, 2.05) is 38.1 Å². The molecular weight excluding hydrogens is 442 g/mol. The second-order valence-corrected chi connectivity index (χ2v) is 7.79. The lowest BCUT2D eigenvalue weighted by atomic mass is 10.1. The van der Waals surface area contributed by atoms with E-state index in [9.17, 15) is 9.59 Å². The minimum absolute atomic E-state index is 0.329. The van der Waals surface area contributed by atoms with E-state index in [4.69, 9.17) is 21.1 Å². The maximum Gasteiger partial charge on any atom is 0.349 e. The Labute approximate surface area is 194 Å². The number of halogens is 1. The highest BCUT2D eigenvalue weighted by Gasteiger charge is 2.13. The number of fused-ring (bicyclic) bond motifs is 1. The summed E-state index contributed by atoms with van der Waals surface area (Å²) in [5.41, 5.74) is 2.00. The zero-order valence-corrected chi connectivity index (χ0v) is 18.9. The average molecular weight is 464 g/mol. The Kier molecular flexibility index (Phi) is 6.60. The maximum atomic E-state index is 12.7. The third kappa shape index (κ3) is 4.99. The fourth-order valence-electron chi connectivity index (χ4n) is 3.41. The van der Waals surface area contributed by atoms with Crippen molar-refractivity contribution in [2.24, 2.45) is 5.10 Å². The van der Waals surface area contributed by atoms with E-state index in [0.29, 0.717) is 46.2 Å². The second kappa shape index (κ2) is 9.75. The number of rotatable bonds is 7. The summed E-state index contributed by atoms with van der Waals surface area (Å²) in [6.45, 7) is 4.60. The minimum atomic E-state index is -0.635. The smallest absolute Gasteiger partial charge is 0.349 e. The van der Waals surface area contributed by atoms with Gasteiger partial charge in [-0.15, -0.1) is 4.68 Å². The molecule has 0 saturated carbocycles. The molecule has 1 N–H and O–H groups in total. The molecule has 0 radical (unpaired) electrons. The fraction of sp³-hybridized carbons (Fsp3) is 0.160. The van der Waals surface area contributed by atoms with Crippen LogP contribution in [0.25, 0.3) is 10.9 Å². The molecule has 4 aromatic rings. The SMILES string of the molecule is CCOc1cc(C=Nn2c(=O)[nH]c3ccccc3c2=O)cc(Cl)c1OCc1cccc(C)c1. The van der Waals surface area contributed by atoms with Crippen molar-refractivity contribution in [1.29, 1.82) is 0 Å². The van der Waals surface area contributed by atoms with Crippen LogP contribution in [0.3, 0.4) is 0 Å². The van der Waals surface area contributed by atoms with Crippen LogP contribution in [-0.4, -0.2) is 22.5 Å². The van der Waals surface area contributed by atoms with Gasteiger partial charge in [0, 0.05) is 0 Å². The summed E-state index contributed by atoms with van der Waals surface area (Å²) in [5, 5.41) is 4.77. The van der Waals surface area contributed by atoms with Crippen molar-refractivity contribution < 1.29 is 9.47 Å². The van der Waals surface area contributed by atoms with Crippen LogP contribution in [0.5, 0.6) is 11.5 Å². The Morgan fingerprint density at radius 2 is 1.88 bits per heavy atom. The van der Waals surface area contributed by atoms with Gasteiger partial charge in [-0.05, 0) is 49.2 Å². The Morgan fingerprint density at radius 3 is 2.67 bits per heavy atom. The molecule has 0 bridgehead atoms. The van der Waals surface area contributed by atoms with Gasteiger partial charge in [0.15, 0.2) is 11.5 Å². The Morgan fingerprint density at radius 1 is 1.06 bits per heavy atom. The number of nitrogens with one attached hydrogen (secondary N) is 1. The molecule has 0 atom stereocenters. The number of para-hydroxylation sites is 1. The van der Waals surface area contributed by atoms with Gasteiger partial charge in [-0.25, -0.2) is 4.79 Å². The van der Waals surface area contributed by atoms with Crippen LogP contribution in [0.4, 0.5) is 0 Å². The lowest BCUT2D eigenvalue weighted by molar-refractivity contribution is 0.269. The highest BCUT2D eigenvalue weighted by atomic mass is 35.5. The van der Waals surface area contributed by atoms with Gasteiger partial charge in [0.1, 0.15) is 6.61 Å². The van der Waals surface area contributed by atoms with E-state index >= 15 is 0 Å². The lowest BCUT2D eigenvalue weighted by Gasteiger charge is -2.14. The standard InChI is InChI=1S/C25H22ClN3O4/c1-3-32-22-13-18(12-20(26)23(22)33-15-17-8-6-7-16(2)11-17)14-27-29-24(30)19-9-4-5-10-21(19)28-25(29)31/h4-14H,3,15H2,1-2H3,(H,28,31). The Bertz CT molecular complexity index is 1460. The predicted molar refractivity (Wildman–Crippen MR) is 130 cm³/mol. The zero-order chi connectivity index (χ0) is 23.4. The number of aromatic amines is 1. The van der Waals surface area contributed by atoms with E-state index < -0.39 is 11.2 Å². The molecule has 1 aromatic heterocycles. The fourth-order valence-corrected chi connectivity index (χ4v) is 3.68. The first-order chi connectivity index (χ1) is 16.0. The third-order valence-electron chi connectivity index (χ3n) is 4.90. The number of aromatic nitrogens is 2. The Hall–Kier alpha value is -3.84. The first-order valence-electron chi connectivity index (χ1n) is 10.4. The van der Waals surface area contributed by atoms with Crippen LogP contribution >= 0.6 is 11.6 Å². The molecular formula is C25H22ClN3O4. The van der Waals surface area contributed by atoms with Crippen molar-refractivity contribution in [2.75, 3.05) is 6.61 Å². The van der Waals surface area contributed by atoms with E-state index in [-0.39, 0.29) is 0 Å². The van der Waals surface area contributed by atoms with E-state index in [2.05, 4.69) is 10.1 Å². The number of hydrogen-bond donors (Lipinski definition) is 1. The van der Waals surface area contributed by atoms with Crippen molar-refractivity contribution in [1.82, 2.24) is 9.66 Å². The van der Waals surface area contributed by atoms with Gasteiger partial charge in [0.2, 0.25) is 0 Å². The van der Waals surface area contributed by atoms with Crippen LogP contribution < -0.4 is 20.7 Å². The van der Waals surface area contributed by atoms with Gasteiger partial charge in [0.25, 0.3) is 5.56 Å². The van der Waals surface area contributed by atoms with Crippen molar-refractivity contribution >= 4 is 28.7 Å². The van der Waals surface area contributed by atoms with Gasteiger partial charge in [-0.1, -0.05) is 53.6 Å². The highest BCUT2D eigenvalue weighted by Crippen LogP contribution is 2.37. The molecule has 7 nitrogen and oxygen atoms in total. The topological polar surface area (TPSA) is 85.7 Å². The van der Waals surface area contributed by atoms with Crippen molar-refractivity contribution in [3.05, 3.63) is 103 Å². The number of ether oxygens (including phenoxy) is 2. The van der Waals surface area contributed by atoms with Crippen LogP contribution in [-0.2, 0) is 6.61 Å². The highest BCUT2D eigenvalue weighted by molar-refractivity contribution is 6.32. The van der Waals surface area contributed by atoms with Gasteiger partial charge in [-0.2, -0.15) is 5.10 Å². The molecule has 0 spiro atoms. The Balaban J connectivity index is 1.65. The summed E-state index contributed by atoms with van der Waals surface area (Å²) in [6, 6.07) is 18.1. The van der Waals surface area contributed by atoms with Gasteiger partial charge < -0.3 is 14.5 Å². The zero-order valence-electron chi connectivity index (χ0n) is 18.2. The summed E-state index contributed by atoms with van der Waals surface area (Å²) < 4.78 is 12.5. The van der Waals surface area contributed by atoms with E-state index in [1.165, 1.54) is 6.21 Å². The van der Waals surface area contributed by atoms with Gasteiger partial charge >= 0.3 is 5.69 Å². The first kappa shape index (κ1) is 22.4. The summed E-state index contributed by atoms with van der Waals surface area (Å²) in [7, 11) is 0. The summed E-state index contributed by atoms with van der Waals surface area (Å²) in [4.78, 5) is 27.6. The van der Waals surface area contributed by atoms with Crippen LogP contribution in [0, 0.1) is 6.92 Å². The van der Waals surface area contributed by atoms with Gasteiger partial charge in [0.05, 0.1) is 28.7 Å². The van der Waals surface area contributed by atoms with Crippen molar-refractivity contribution in [3.8, 4) is 11.5 Å². The predicted octanol–water partition coefficient (Wildman–Crippen LogP) is 4.51. The van der Waals surface area contributed by atoms with E-state index in [0.717, 1.165) is 15.8 Å². The molecule has 0 unspecified atom stereocenters. The molecule has 0 fully saturated rings. The molecule has 1 heterocycles. The largest absolute Gasteiger partial charge is 0.490 e. The number of hydrogen-bond acceptors (Lipinski definition) is 5. The second-order valence-electron chi connectivity index (χ2n) is 7.38. The normalized spacial score (nSPS) is 11.2. The molecule has 0 saturated heterocycles.